The van der Waals surface area contributed by atoms with E-state index in [0.717, 1.165) is 23.2 Å². The quantitative estimate of drug-likeness (QED) is 0.184. The number of allylic oxidation sites excluding steroid dienone is 2. The highest BCUT2D eigenvalue weighted by molar-refractivity contribution is 6.35. The Morgan fingerprint density at radius 3 is 2.56 bits per heavy atom. The van der Waals surface area contributed by atoms with Crippen LogP contribution in [0.15, 0.2) is 96.0 Å². The summed E-state index contributed by atoms with van der Waals surface area (Å²) >= 11 is 18.7. The lowest BCUT2D eigenvalue weighted by molar-refractivity contribution is 0.306. The monoisotopic (exact) mass is 572 g/mol. The van der Waals surface area contributed by atoms with Crippen LogP contribution >= 0.6 is 34.8 Å². The topological polar surface area (TPSA) is 33.6 Å². The number of nitrogens with zero attached hydrogens (tertiary/aromatic N) is 1. The van der Waals surface area contributed by atoms with Gasteiger partial charge in [0.25, 0.3) is 0 Å². The first-order chi connectivity index (χ1) is 18.9. The van der Waals surface area contributed by atoms with E-state index < -0.39 is 0 Å². The molecule has 0 spiro atoms. The van der Waals surface area contributed by atoms with Crippen molar-refractivity contribution in [1.29, 1.82) is 0 Å². The fourth-order valence-electron chi connectivity index (χ4n) is 5.47. The lowest BCUT2D eigenvalue weighted by Gasteiger charge is -2.37. The zero-order chi connectivity index (χ0) is 26.9. The van der Waals surface area contributed by atoms with Gasteiger partial charge in [-0.05, 0) is 84.5 Å². The predicted molar refractivity (Wildman–Crippen MR) is 163 cm³/mol. The Bertz CT molecular complexity index is 1580. The van der Waals surface area contributed by atoms with Crippen molar-refractivity contribution in [3.8, 4) is 5.75 Å². The summed E-state index contributed by atoms with van der Waals surface area (Å²) in [7, 11) is 0. The van der Waals surface area contributed by atoms with Crippen LogP contribution in [0.3, 0.4) is 0 Å². The van der Waals surface area contributed by atoms with Crippen molar-refractivity contribution in [1.82, 2.24) is 0 Å². The van der Waals surface area contributed by atoms with Gasteiger partial charge in [0.2, 0.25) is 0 Å². The molecular formula is C33H27Cl3N2O. The molecular weight excluding hydrogens is 547 g/mol. The van der Waals surface area contributed by atoms with E-state index in [9.17, 15) is 0 Å². The van der Waals surface area contributed by atoms with Crippen LogP contribution < -0.4 is 10.1 Å². The van der Waals surface area contributed by atoms with Gasteiger partial charge in [0.05, 0.1) is 16.8 Å². The number of benzene rings is 4. The number of anilines is 1. The molecule has 6 heteroatoms. The van der Waals surface area contributed by atoms with Crippen molar-refractivity contribution in [2.24, 2.45) is 10.9 Å². The highest BCUT2D eigenvalue weighted by atomic mass is 35.5. The van der Waals surface area contributed by atoms with Gasteiger partial charge in [0, 0.05) is 33.4 Å². The Morgan fingerprint density at radius 2 is 1.77 bits per heavy atom. The molecule has 196 valence electrons. The Labute approximate surface area is 244 Å². The van der Waals surface area contributed by atoms with E-state index in [4.69, 9.17) is 39.5 Å². The number of hydrogen-bond acceptors (Lipinski definition) is 3. The molecule has 1 heterocycles. The molecule has 3 nitrogen and oxygen atoms in total. The number of ether oxygens (including phenoxy) is 1. The minimum Gasteiger partial charge on any atom is -0.487 e. The summed E-state index contributed by atoms with van der Waals surface area (Å²) in [6, 6.07) is 26.5. The Balaban J connectivity index is 1.12. The smallest absolute Gasteiger partial charge is 0.138 e. The van der Waals surface area contributed by atoms with E-state index >= 15 is 0 Å². The fourth-order valence-corrected chi connectivity index (χ4v) is 6.18. The van der Waals surface area contributed by atoms with Gasteiger partial charge in [-0.3, -0.25) is 4.99 Å². The van der Waals surface area contributed by atoms with E-state index in [1.54, 1.807) is 12.1 Å². The van der Waals surface area contributed by atoms with Crippen molar-refractivity contribution in [2.75, 3.05) is 5.32 Å². The van der Waals surface area contributed by atoms with E-state index in [2.05, 4.69) is 71.8 Å². The van der Waals surface area contributed by atoms with E-state index in [1.807, 2.05) is 30.5 Å². The van der Waals surface area contributed by atoms with Crippen LogP contribution in [0.25, 0.3) is 0 Å². The lowest BCUT2D eigenvalue weighted by atomic mass is 9.76. The molecule has 2 aliphatic rings. The number of aliphatic imine (C=N–C) groups is 1. The SMILES string of the molecule is Cc1ccc2c(c1)[C@@H]1C=CC[C@H]1[C@@H](c1ccc(N=Cc3ccc(OCc4ccc(Cl)cc4Cl)c(Cl)c3)cc1)N2. The molecule has 4 aromatic carbocycles. The Morgan fingerprint density at radius 1 is 0.923 bits per heavy atom. The van der Waals surface area contributed by atoms with Crippen molar-refractivity contribution in [2.45, 2.75) is 31.9 Å². The number of hydrogen-bond donors (Lipinski definition) is 1. The Kier molecular flexibility index (Phi) is 7.40. The molecule has 0 fully saturated rings. The van der Waals surface area contributed by atoms with Gasteiger partial charge in [-0.25, -0.2) is 0 Å². The second-order valence-corrected chi connectivity index (χ2v) is 11.4. The minimum absolute atomic E-state index is 0.271. The summed E-state index contributed by atoms with van der Waals surface area (Å²) in [5.74, 6) is 1.57. The van der Waals surface area contributed by atoms with Gasteiger partial charge in [-0.2, -0.15) is 0 Å². The lowest BCUT2D eigenvalue weighted by Crippen LogP contribution is -2.29. The molecule has 0 aromatic heterocycles. The third kappa shape index (κ3) is 5.58. The molecule has 0 radical (unpaired) electrons. The van der Waals surface area contributed by atoms with E-state index in [1.165, 1.54) is 22.4 Å². The highest BCUT2D eigenvalue weighted by Crippen LogP contribution is 2.50. The van der Waals surface area contributed by atoms with Crippen LogP contribution in [0.2, 0.25) is 15.1 Å². The van der Waals surface area contributed by atoms with E-state index in [0.29, 0.717) is 39.3 Å². The molecule has 3 atom stereocenters. The zero-order valence-electron chi connectivity index (χ0n) is 21.4. The first-order valence-electron chi connectivity index (χ1n) is 13.0. The van der Waals surface area contributed by atoms with Crippen molar-refractivity contribution < 1.29 is 4.74 Å². The summed E-state index contributed by atoms with van der Waals surface area (Å²) in [6.45, 7) is 2.46. The van der Waals surface area contributed by atoms with Gasteiger partial charge in [0.1, 0.15) is 12.4 Å². The van der Waals surface area contributed by atoms with Gasteiger partial charge < -0.3 is 10.1 Å². The van der Waals surface area contributed by atoms with Gasteiger partial charge in [0.15, 0.2) is 0 Å². The summed E-state index contributed by atoms with van der Waals surface area (Å²) < 4.78 is 5.88. The molecule has 39 heavy (non-hydrogen) atoms. The third-order valence-electron chi connectivity index (χ3n) is 7.49. The molecule has 4 aromatic rings. The number of rotatable bonds is 6. The normalized spacial score (nSPS) is 19.5. The van der Waals surface area contributed by atoms with Crippen LogP contribution in [0.1, 0.15) is 46.2 Å². The molecule has 1 aliphatic heterocycles. The molecule has 0 amide bonds. The van der Waals surface area contributed by atoms with Crippen molar-refractivity contribution in [3.63, 3.8) is 0 Å². The highest BCUT2D eigenvalue weighted by Gasteiger charge is 2.37. The third-order valence-corrected chi connectivity index (χ3v) is 8.37. The number of fused-ring (bicyclic) bond motifs is 3. The second-order valence-electron chi connectivity index (χ2n) is 10.1. The molecule has 0 unspecified atom stereocenters. The largest absolute Gasteiger partial charge is 0.487 e. The molecule has 1 aliphatic carbocycles. The van der Waals surface area contributed by atoms with Gasteiger partial charge in [-0.1, -0.05) is 82.9 Å². The molecule has 6 rings (SSSR count). The first-order valence-corrected chi connectivity index (χ1v) is 14.1. The second kappa shape index (κ2) is 11.1. The maximum Gasteiger partial charge on any atom is 0.138 e. The summed E-state index contributed by atoms with van der Waals surface area (Å²) in [6.07, 6.45) is 7.61. The van der Waals surface area contributed by atoms with Crippen LogP contribution in [0.5, 0.6) is 5.75 Å². The van der Waals surface area contributed by atoms with Gasteiger partial charge in [-0.15, -0.1) is 0 Å². The summed E-state index contributed by atoms with van der Waals surface area (Å²) in [5.41, 5.74) is 7.86. The van der Waals surface area contributed by atoms with E-state index in [-0.39, 0.29) is 6.04 Å². The molecule has 1 N–H and O–H groups in total. The summed E-state index contributed by atoms with van der Waals surface area (Å²) in [4.78, 5) is 4.67. The molecule has 0 saturated carbocycles. The van der Waals surface area contributed by atoms with Crippen molar-refractivity contribution >= 4 is 52.4 Å². The predicted octanol–water partition coefficient (Wildman–Crippen LogP) is 10.1. The maximum atomic E-state index is 6.49. The average Bonchev–Trinajstić information content (AvgIpc) is 3.43. The van der Waals surface area contributed by atoms with Gasteiger partial charge >= 0.3 is 0 Å². The molecule has 0 saturated heterocycles. The van der Waals surface area contributed by atoms with Crippen LogP contribution in [-0.2, 0) is 6.61 Å². The number of nitrogens with one attached hydrogen (secondary N) is 1. The van der Waals surface area contributed by atoms with Crippen LogP contribution in [0, 0.1) is 12.8 Å². The zero-order valence-corrected chi connectivity index (χ0v) is 23.6. The minimum atomic E-state index is 0.271. The Hall–Kier alpha value is -3.24. The average molecular weight is 574 g/mol. The standard InChI is InChI=1S/C33H27Cl3N2O/c1-20-5-13-31-28(15-20)26-3-2-4-27(26)33(38-31)22-8-11-25(12-9-22)37-18-21-6-14-32(30(36)16-21)39-19-23-7-10-24(34)17-29(23)35/h2-3,5-18,26-27,33,38H,4,19H2,1H3/t26-,27-,33-/m1/s1. The number of halogens is 3. The van der Waals surface area contributed by atoms with Crippen LogP contribution in [-0.4, -0.2) is 6.21 Å². The first kappa shape index (κ1) is 26.0. The fraction of sp³-hybridized carbons (Fsp3) is 0.182. The maximum absolute atomic E-state index is 6.49. The number of aryl methyl sites for hydroxylation is 1. The van der Waals surface area contributed by atoms with Crippen molar-refractivity contribution in [3.05, 3.63) is 134 Å². The van der Waals surface area contributed by atoms with Crippen LogP contribution in [0.4, 0.5) is 11.4 Å². The molecule has 0 bridgehead atoms. The summed E-state index contributed by atoms with van der Waals surface area (Å²) in [5, 5.41) is 5.47.